The first-order chi connectivity index (χ1) is 7.09. The van der Waals surface area contributed by atoms with Crippen LogP contribution in [0.5, 0.6) is 0 Å². The Labute approximate surface area is 86.4 Å². The van der Waals surface area contributed by atoms with E-state index in [-0.39, 0.29) is 11.3 Å². The molecule has 0 atom stereocenters. The van der Waals surface area contributed by atoms with Gasteiger partial charge in [-0.05, 0) is 24.3 Å². The molecule has 0 unspecified atom stereocenters. The van der Waals surface area contributed by atoms with Gasteiger partial charge in [-0.2, -0.15) is 5.10 Å². The summed E-state index contributed by atoms with van der Waals surface area (Å²) in [5.74, 6) is -1.14. The predicted octanol–water partition coefficient (Wildman–Crippen LogP) is 1.37. The molecular weight excluding hydrogens is 196 g/mol. The van der Waals surface area contributed by atoms with Crippen molar-refractivity contribution < 1.29 is 14.7 Å². The van der Waals surface area contributed by atoms with Gasteiger partial charge >= 0.3 is 5.97 Å². The van der Waals surface area contributed by atoms with Crippen LogP contribution < -0.4 is 5.43 Å². The van der Waals surface area contributed by atoms with Gasteiger partial charge in [0.05, 0.1) is 17.5 Å². The quantitative estimate of drug-likeness (QED) is 0.576. The fourth-order valence-corrected chi connectivity index (χ4v) is 0.885. The molecule has 0 saturated carbocycles. The molecule has 0 amide bonds. The van der Waals surface area contributed by atoms with Crippen molar-refractivity contribution in [2.45, 2.75) is 6.92 Å². The maximum Gasteiger partial charge on any atom is 0.335 e. The van der Waals surface area contributed by atoms with Crippen molar-refractivity contribution in [1.29, 1.82) is 0 Å². The number of nitrogens with one attached hydrogen (secondary N) is 1. The molecular formula is C10H10N2O3. The number of aromatic carboxylic acids is 1. The van der Waals surface area contributed by atoms with Gasteiger partial charge in [0.15, 0.2) is 5.78 Å². The van der Waals surface area contributed by atoms with E-state index in [1.807, 2.05) is 0 Å². The van der Waals surface area contributed by atoms with Crippen molar-refractivity contribution >= 4 is 23.7 Å². The Morgan fingerprint density at radius 3 is 2.40 bits per heavy atom. The Hall–Kier alpha value is -2.17. The molecule has 1 aromatic carbocycles. The summed E-state index contributed by atoms with van der Waals surface area (Å²) in [7, 11) is 0. The predicted molar refractivity (Wildman–Crippen MR) is 56.2 cm³/mol. The van der Waals surface area contributed by atoms with Crippen molar-refractivity contribution in [2.75, 3.05) is 5.43 Å². The van der Waals surface area contributed by atoms with Gasteiger partial charge in [0.2, 0.25) is 0 Å². The first kappa shape index (κ1) is 10.9. The Morgan fingerprint density at radius 1 is 1.33 bits per heavy atom. The molecule has 0 aliphatic heterocycles. The third kappa shape index (κ3) is 3.60. The van der Waals surface area contributed by atoms with E-state index in [0.29, 0.717) is 5.69 Å². The maximum atomic E-state index is 10.5. The van der Waals surface area contributed by atoms with E-state index >= 15 is 0 Å². The fraction of sp³-hybridized carbons (Fsp3) is 0.100. The normalized spacial score (nSPS) is 10.2. The zero-order chi connectivity index (χ0) is 11.3. The van der Waals surface area contributed by atoms with E-state index < -0.39 is 5.97 Å². The van der Waals surface area contributed by atoms with Crippen molar-refractivity contribution in [3.8, 4) is 0 Å². The molecule has 1 aromatic rings. The monoisotopic (exact) mass is 206 g/mol. The van der Waals surface area contributed by atoms with Crippen LogP contribution in [0.25, 0.3) is 0 Å². The summed E-state index contributed by atoms with van der Waals surface area (Å²) >= 11 is 0. The van der Waals surface area contributed by atoms with Crippen molar-refractivity contribution in [1.82, 2.24) is 0 Å². The molecule has 15 heavy (non-hydrogen) atoms. The SMILES string of the molecule is CC(=O)/C=N\Nc1ccc(C(=O)O)cc1. The lowest BCUT2D eigenvalue weighted by atomic mass is 10.2. The van der Waals surface area contributed by atoms with Crippen LogP contribution in [0.4, 0.5) is 5.69 Å². The van der Waals surface area contributed by atoms with Crippen LogP contribution in [-0.2, 0) is 4.79 Å². The molecule has 0 saturated heterocycles. The van der Waals surface area contributed by atoms with Gasteiger partial charge in [-0.15, -0.1) is 0 Å². The number of hydrazone groups is 1. The number of nitrogens with zero attached hydrogens (tertiary/aromatic N) is 1. The van der Waals surface area contributed by atoms with E-state index in [1.165, 1.54) is 19.1 Å². The van der Waals surface area contributed by atoms with Crippen LogP contribution in [0, 0.1) is 0 Å². The number of benzene rings is 1. The Bertz CT molecular complexity index is 396. The van der Waals surface area contributed by atoms with Gasteiger partial charge in [0, 0.05) is 6.92 Å². The summed E-state index contributed by atoms with van der Waals surface area (Å²) in [5, 5.41) is 12.3. The summed E-state index contributed by atoms with van der Waals surface area (Å²) in [6.07, 6.45) is 1.14. The molecule has 0 aliphatic rings. The molecule has 2 N–H and O–H groups in total. The van der Waals surface area contributed by atoms with E-state index in [2.05, 4.69) is 10.5 Å². The molecule has 0 fully saturated rings. The summed E-state index contributed by atoms with van der Waals surface area (Å²) in [6.45, 7) is 1.39. The molecule has 0 aromatic heterocycles. The molecule has 78 valence electrons. The van der Waals surface area contributed by atoms with Gasteiger partial charge in [0.1, 0.15) is 0 Å². The topological polar surface area (TPSA) is 78.8 Å². The van der Waals surface area contributed by atoms with Crippen LogP contribution in [0.3, 0.4) is 0 Å². The number of ketones is 1. The van der Waals surface area contributed by atoms with Gasteiger partial charge < -0.3 is 5.11 Å². The second-order valence-electron chi connectivity index (χ2n) is 2.86. The highest BCUT2D eigenvalue weighted by atomic mass is 16.4. The minimum absolute atomic E-state index is 0.162. The van der Waals surface area contributed by atoms with Crippen molar-refractivity contribution in [2.24, 2.45) is 5.10 Å². The molecule has 5 nitrogen and oxygen atoms in total. The molecule has 1 rings (SSSR count). The lowest BCUT2D eigenvalue weighted by molar-refractivity contribution is -0.110. The highest BCUT2D eigenvalue weighted by Gasteiger charge is 2.00. The smallest absolute Gasteiger partial charge is 0.335 e. The third-order valence-corrected chi connectivity index (χ3v) is 1.57. The Morgan fingerprint density at radius 2 is 1.93 bits per heavy atom. The number of Topliss-reactive ketones (excluding diaryl/α,β-unsaturated/α-hetero) is 1. The lowest BCUT2D eigenvalue weighted by Gasteiger charge is -1.99. The summed E-state index contributed by atoms with van der Waals surface area (Å²) in [4.78, 5) is 21.0. The zero-order valence-electron chi connectivity index (χ0n) is 8.10. The molecule has 0 radical (unpaired) electrons. The number of hydrogen-bond acceptors (Lipinski definition) is 4. The van der Waals surface area contributed by atoms with Crippen LogP contribution >= 0.6 is 0 Å². The van der Waals surface area contributed by atoms with E-state index in [1.54, 1.807) is 12.1 Å². The second kappa shape index (κ2) is 4.90. The highest BCUT2D eigenvalue weighted by molar-refractivity contribution is 6.26. The standard InChI is InChI=1S/C10H10N2O3/c1-7(13)6-11-12-9-4-2-8(3-5-9)10(14)15/h2-6,12H,1H3,(H,14,15)/b11-6-. The van der Waals surface area contributed by atoms with E-state index in [4.69, 9.17) is 5.11 Å². The lowest BCUT2D eigenvalue weighted by Crippen LogP contribution is -1.97. The molecule has 5 heteroatoms. The molecule has 0 aliphatic carbocycles. The number of carbonyl (C=O) groups excluding carboxylic acids is 1. The molecule has 0 spiro atoms. The Kier molecular flexibility index (Phi) is 3.56. The summed E-state index contributed by atoms with van der Waals surface area (Å²) < 4.78 is 0. The zero-order valence-corrected chi connectivity index (χ0v) is 8.10. The van der Waals surface area contributed by atoms with Crippen LogP contribution in [0.15, 0.2) is 29.4 Å². The average molecular weight is 206 g/mol. The number of carbonyl (C=O) groups is 2. The summed E-state index contributed by atoms with van der Waals surface area (Å²) in [5.41, 5.74) is 3.43. The molecule has 0 bridgehead atoms. The number of hydrogen-bond donors (Lipinski definition) is 2. The number of anilines is 1. The number of carboxylic acids is 1. The van der Waals surface area contributed by atoms with Crippen LogP contribution in [-0.4, -0.2) is 23.1 Å². The second-order valence-corrected chi connectivity index (χ2v) is 2.86. The minimum atomic E-state index is -0.978. The van der Waals surface area contributed by atoms with E-state index in [9.17, 15) is 9.59 Å². The first-order valence-electron chi connectivity index (χ1n) is 4.22. The van der Waals surface area contributed by atoms with Crippen molar-refractivity contribution in [3.63, 3.8) is 0 Å². The third-order valence-electron chi connectivity index (χ3n) is 1.57. The van der Waals surface area contributed by atoms with E-state index in [0.717, 1.165) is 6.21 Å². The van der Waals surface area contributed by atoms with Crippen molar-refractivity contribution in [3.05, 3.63) is 29.8 Å². The van der Waals surface area contributed by atoms with Crippen LogP contribution in [0.2, 0.25) is 0 Å². The number of carboxylic acid groups (broad SMARTS) is 1. The summed E-state index contributed by atoms with van der Waals surface area (Å²) in [6, 6.07) is 6.05. The van der Waals surface area contributed by atoms with Gasteiger partial charge in [-0.25, -0.2) is 4.79 Å². The largest absolute Gasteiger partial charge is 0.478 e. The average Bonchev–Trinajstić information content (AvgIpc) is 2.18. The number of rotatable bonds is 4. The maximum absolute atomic E-state index is 10.5. The minimum Gasteiger partial charge on any atom is -0.478 e. The fourth-order valence-electron chi connectivity index (χ4n) is 0.885. The first-order valence-corrected chi connectivity index (χ1v) is 4.22. The molecule has 0 heterocycles. The van der Waals surface area contributed by atoms with Gasteiger partial charge in [0.25, 0.3) is 0 Å². The van der Waals surface area contributed by atoms with Gasteiger partial charge in [-0.3, -0.25) is 10.2 Å². The Balaban J connectivity index is 2.65. The van der Waals surface area contributed by atoms with Gasteiger partial charge in [-0.1, -0.05) is 0 Å². The van der Waals surface area contributed by atoms with Crippen LogP contribution in [0.1, 0.15) is 17.3 Å². The highest BCUT2D eigenvalue weighted by Crippen LogP contribution is 2.08.